The molecule has 3 fully saturated rings. The molecule has 5 nitrogen and oxygen atoms in total. The fourth-order valence-corrected chi connectivity index (χ4v) is 3.88. The second-order valence-electron chi connectivity index (χ2n) is 6.54. The monoisotopic (exact) mass is 401 g/mol. The lowest BCUT2D eigenvalue weighted by atomic mass is 9.76. The first kappa shape index (κ1) is 15.0. The molecule has 3 aliphatic rings. The van der Waals surface area contributed by atoms with Crippen LogP contribution in [0.15, 0.2) is 27.3 Å². The molecular weight excluding hydrogens is 381 g/mol. The molecule has 0 saturated carbocycles. The maximum atomic E-state index is 5.40. The van der Waals surface area contributed by atoms with Gasteiger partial charge in [0.25, 0.3) is 0 Å². The first-order chi connectivity index (χ1) is 9.72. The highest BCUT2D eigenvalue weighted by Gasteiger charge is 2.43. The SMILES string of the molecule is C[N+]12CCC(CC1)C(Cc1nc(-c3ccco3)no1)C2.[I-]. The lowest BCUT2D eigenvalue weighted by Crippen LogP contribution is -3.00. The highest BCUT2D eigenvalue weighted by molar-refractivity contribution is 5.44. The molecule has 0 aromatic carbocycles. The average Bonchev–Trinajstić information content (AvgIpc) is 3.09. The van der Waals surface area contributed by atoms with Crippen molar-refractivity contribution >= 4 is 0 Å². The van der Waals surface area contributed by atoms with Gasteiger partial charge in [0, 0.05) is 25.2 Å². The molecule has 0 N–H and O–H groups in total. The molecule has 1 unspecified atom stereocenters. The van der Waals surface area contributed by atoms with E-state index in [4.69, 9.17) is 8.94 Å². The van der Waals surface area contributed by atoms with Gasteiger partial charge in [0.2, 0.25) is 11.7 Å². The van der Waals surface area contributed by atoms with Crippen LogP contribution in [0.2, 0.25) is 0 Å². The van der Waals surface area contributed by atoms with Gasteiger partial charge in [-0.25, -0.2) is 0 Å². The van der Waals surface area contributed by atoms with E-state index in [9.17, 15) is 0 Å². The van der Waals surface area contributed by atoms with Crippen LogP contribution in [0, 0.1) is 11.8 Å². The van der Waals surface area contributed by atoms with E-state index in [0.29, 0.717) is 17.5 Å². The number of rotatable bonds is 3. The van der Waals surface area contributed by atoms with Gasteiger partial charge in [0.15, 0.2) is 5.76 Å². The first-order valence-electron chi connectivity index (χ1n) is 7.42. The van der Waals surface area contributed by atoms with Crippen molar-refractivity contribution in [2.45, 2.75) is 19.3 Å². The molecule has 21 heavy (non-hydrogen) atoms. The average molecular weight is 401 g/mol. The molecule has 2 aromatic rings. The minimum Gasteiger partial charge on any atom is -1.00 e. The Labute approximate surface area is 141 Å². The quantitative estimate of drug-likeness (QED) is 0.508. The van der Waals surface area contributed by atoms with E-state index in [1.807, 2.05) is 12.1 Å². The number of halogens is 1. The Bertz CT molecular complexity index is 588. The number of furan rings is 1. The van der Waals surface area contributed by atoms with Crippen LogP contribution < -0.4 is 24.0 Å². The molecule has 5 heterocycles. The molecule has 114 valence electrons. The zero-order valence-electron chi connectivity index (χ0n) is 12.2. The lowest BCUT2D eigenvalue weighted by molar-refractivity contribution is -0.929. The van der Waals surface area contributed by atoms with Crippen LogP contribution in [-0.2, 0) is 6.42 Å². The Hall–Kier alpha value is -0.890. The molecular formula is C15H20IN3O2. The van der Waals surface area contributed by atoms with Crippen molar-refractivity contribution in [3.05, 3.63) is 24.3 Å². The Morgan fingerprint density at radius 1 is 1.33 bits per heavy atom. The Balaban J connectivity index is 0.00000132. The van der Waals surface area contributed by atoms with E-state index in [0.717, 1.165) is 18.2 Å². The third kappa shape index (κ3) is 2.88. The number of piperidine rings is 3. The molecule has 5 rings (SSSR count). The number of hydrogen-bond acceptors (Lipinski definition) is 4. The Morgan fingerprint density at radius 2 is 2.14 bits per heavy atom. The van der Waals surface area contributed by atoms with Gasteiger partial charge in [-0.2, -0.15) is 4.98 Å². The lowest BCUT2D eigenvalue weighted by Gasteiger charge is -2.50. The van der Waals surface area contributed by atoms with Crippen molar-refractivity contribution in [3.8, 4) is 11.6 Å². The summed E-state index contributed by atoms with van der Waals surface area (Å²) in [6, 6.07) is 3.69. The molecule has 0 radical (unpaired) electrons. The highest BCUT2D eigenvalue weighted by atomic mass is 127. The summed E-state index contributed by atoms with van der Waals surface area (Å²) >= 11 is 0. The normalized spacial score (nSPS) is 31.1. The molecule has 0 aliphatic carbocycles. The van der Waals surface area contributed by atoms with Gasteiger partial charge in [0.05, 0.1) is 32.9 Å². The summed E-state index contributed by atoms with van der Waals surface area (Å²) in [6.45, 7) is 3.93. The first-order valence-corrected chi connectivity index (χ1v) is 7.42. The molecule has 2 aromatic heterocycles. The maximum Gasteiger partial charge on any atom is 0.238 e. The number of nitrogens with zero attached hydrogens (tertiary/aromatic N) is 3. The standard InChI is InChI=1S/C15H20N3O2.HI/c1-18-6-4-11(5-7-18)12(10-18)9-14-16-15(17-20-14)13-3-2-8-19-13;/h2-3,8,11-12H,4-7,9-10H2,1H3;1H/q+1;/p-1. The Morgan fingerprint density at radius 3 is 2.81 bits per heavy atom. The molecule has 0 spiro atoms. The summed E-state index contributed by atoms with van der Waals surface area (Å²) in [4.78, 5) is 4.47. The summed E-state index contributed by atoms with van der Waals surface area (Å²) in [5, 5.41) is 4.02. The van der Waals surface area contributed by atoms with E-state index < -0.39 is 0 Å². The minimum atomic E-state index is 0. The predicted molar refractivity (Wildman–Crippen MR) is 72.7 cm³/mol. The van der Waals surface area contributed by atoms with E-state index >= 15 is 0 Å². The Kier molecular flexibility index (Phi) is 4.09. The largest absolute Gasteiger partial charge is 1.00 e. The van der Waals surface area contributed by atoms with Crippen molar-refractivity contribution in [2.24, 2.45) is 11.8 Å². The van der Waals surface area contributed by atoms with Crippen LogP contribution in [0.1, 0.15) is 18.7 Å². The van der Waals surface area contributed by atoms with Crippen molar-refractivity contribution in [1.82, 2.24) is 10.1 Å². The van der Waals surface area contributed by atoms with Gasteiger partial charge in [0.1, 0.15) is 0 Å². The van der Waals surface area contributed by atoms with E-state index in [1.54, 1.807) is 6.26 Å². The van der Waals surface area contributed by atoms with E-state index in [2.05, 4.69) is 17.2 Å². The van der Waals surface area contributed by atoms with Gasteiger partial charge in [-0.15, -0.1) is 0 Å². The second-order valence-corrected chi connectivity index (χ2v) is 6.54. The molecule has 1 atom stereocenters. The zero-order valence-corrected chi connectivity index (χ0v) is 14.3. The molecule has 3 saturated heterocycles. The zero-order chi connectivity index (χ0) is 13.6. The second kappa shape index (κ2) is 5.72. The van der Waals surface area contributed by atoms with E-state index in [-0.39, 0.29) is 24.0 Å². The van der Waals surface area contributed by atoms with Crippen molar-refractivity contribution < 1.29 is 37.4 Å². The third-order valence-electron chi connectivity index (χ3n) is 5.07. The van der Waals surface area contributed by atoms with Crippen LogP contribution >= 0.6 is 0 Å². The summed E-state index contributed by atoms with van der Waals surface area (Å²) in [5.74, 6) is 3.52. The molecule has 0 amide bonds. The predicted octanol–water partition coefficient (Wildman–Crippen LogP) is -0.637. The molecule has 6 heteroatoms. The minimum absolute atomic E-state index is 0. The van der Waals surface area contributed by atoms with Crippen molar-refractivity contribution in [2.75, 3.05) is 26.7 Å². The van der Waals surface area contributed by atoms with Gasteiger partial charge >= 0.3 is 0 Å². The highest BCUT2D eigenvalue weighted by Crippen LogP contribution is 2.38. The van der Waals surface area contributed by atoms with Gasteiger partial charge in [-0.05, 0) is 18.1 Å². The number of aromatic nitrogens is 2. The molecule has 2 bridgehead atoms. The summed E-state index contributed by atoms with van der Waals surface area (Å²) < 4.78 is 11.9. The van der Waals surface area contributed by atoms with Crippen molar-refractivity contribution in [1.29, 1.82) is 0 Å². The van der Waals surface area contributed by atoms with Crippen LogP contribution in [-0.4, -0.2) is 41.3 Å². The summed E-state index contributed by atoms with van der Waals surface area (Å²) in [5.41, 5.74) is 0. The molecule has 3 aliphatic heterocycles. The number of hydrogen-bond donors (Lipinski definition) is 0. The number of fused-ring (bicyclic) bond motifs is 3. The van der Waals surface area contributed by atoms with Crippen LogP contribution in [0.3, 0.4) is 0 Å². The van der Waals surface area contributed by atoms with E-state index in [1.165, 1.54) is 37.0 Å². The van der Waals surface area contributed by atoms with Crippen LogP contribution in [0.5, 0.6) is 0 Å². The van der Waals surface area contributed by atoms with Crippen molar-refractivity contribution in [3.63, 3.8) is 0 Å². The fourth-order valence-electron chi connectivity index (χ4n) is 3.88. The summed E-state index contributed by atoms with van der Waals surface area (Å²) in [7, 11) is 2.38. The van der Waals surface area contributed by atoms with Gasteiger partial charge < -0.3 is 37.4 Å². The van der Waals surface area contributed by atoms with Crippen LogP contribution in [0.25, 0.3) is 11.6 Å². The summed E-state index contributed by atoms with van der Waals surface area (Å²) in [6.07, 6.45) is 5.23. The number of quaternary nitrogens is 1. The smallest absolute Gasteiger partial charge is 0.238 e. The van der Waals surface area contributed by atoms with Crippen LogP contribution in [0.4, 0.5) is 0 Å². The third-order valence-corrected chi connectivity index (χ3v) is 5.07. The maximum absolute atomic E-state index is 5.40. The fraction of sp³-hybridized carbons (Fsp3) is 0.600. The topological polar surface area (TPSA) is 52.1 Å². The van der Waals surface area contributed by atoms with Gasteiger partial charge in [-0.3, -0.25) is 0 Å². The van der Waals surface area contributed by atoms with Gasteiger partial charge in [-0.1, -0.05) is 5.16 Å².